The number of rotatable bonds is 3. The van der Waals surface area contributed by atoms with Crippen LogP contribution in [0.4, 0.5) is 10.1 Å². The highest BCUT2D eigenvalue weighted by Crippen LogP contribution is 2.27. The second kappa shape index (κ2) is 5.50. The normalized spacial score (nSPS) is 24.6. The molecule has 1 aromatic carbocycles. The van der Waals surface area contributed by atoms with Crippen LogP contribution in [0.3, 0.4) is 0 Å². The van der Waals surface area contributed by atoms with Crippen molar-refractivity contribution in [3.63, 3.8) is 0 Å². The second-order valence-electron chi connectivity index (χ2n) is 4.74. The van der Waals surface area contributed by atoms with E-state index in [4.69, 9.17) is 4.74 Å². The summed E-state index contributed by atoms with van der Waals surface area (Å²) in [5.41, 5.74) is 1.58. The Bertz CT molecular complexity index is 360. The van der Waals surface area contributed by atoms with E-state index in [1.807, 2.05) is 13.0 Å². The summed E-state index contributed by atoms with van der Waals surface area (Å²) in [6, 6.07) is 5.39. The molecule has 2 nitrogen and oxygen atoms in total. The first-order valence-corrected chi connectivity index (χ1v) is 6.27. The van der Waals surface area contributed by atoms with E-state index in [9.17, 15) is 4.39 Å². The maximum atomic E-state index is 13.7. The van der Waals surface area contributed by atoms with Crippen molar-refractivity contribution in [2.75, 3.05) is 12.4 Å². The Kier molecular flexibility index (Phi) is 4.00. The van der Waals surface area contributed by atoms with E-state index < -0.39 is 0 Å². The molecule has 3 heteroatoms. The molecule has 0 heterocycles. The van der Waals surface area contributed by atoms with Gasteiger partial charge in [-0.05, 0) is 31.4 Å². The van der Waals surface area contributed by atoms with Gasteiger partial charge in [0, 0.05) is 7.11 Å². The van der Waals surface area contributed by atoms with E-state index in [-0.39, 0.29) is 18.0 Å². The molecular weight excluding hydrogens is 217 g/mol. The van der Waals surface area contributed by atoms with Gasteiger partial charge < -0.3 is 10.1 Å². The minimum Gasteiger partial charge on any atom is -0.379 e. The molecule has 0 saturated heterocycles. The van der Waals surface area contributed by atoms with E-state index in [0.29, 0.717) is 5.69 Å². The summed E-state index contributed by atoms with van der Waals surface area (Å²) in [6.45, 7) is 1.93. The Balaban J connectivity index is 2.13. The maximum absolute atomic E-state index is 13.7. The molecule has 1 aliphatic rings. The standard InChI is InChI=1S/C14H20FNO/c1-10-6-5-7-11(15)14(10)16-12-8-3-4-9-13(12)17-2/h5-7,12-13,16H,3-4,8-9H2,1-2H3. The van der Waals surface area contributed by atoms with Crippen LogP contribution in [0, 0.1) is 12.7 Å². The zero-order valence-electron chi connectivity index (χ0n) is 10.5. The van der Waals surface area contributed by atoms with Gasteiger partial charge in [0.05, 0.1) is 17.8 Å². The van der Waals surface area contributed by atoms with Crippen LogP contribution in [-0.2, 0) is 4.74 Å². The molecule has 2 atom stereocenters. The first-order valence-electron chi connectivity index (χ1n) is 6.27. The van der Waals surface area contributed by atoms with Gasteiger partial charge in [0.25, 0.3) is 0 Å². The molecular formula is C14H20FNO. The number of anilines is 1. The smallest absolute Gasteiger partial charge is 0.146 e. The van der Waals surface area contributed by atoms with Gasteiger partial charge in [0.2, 0.25) is 0 Å². The Morgan fingerprint density at radius 1 is 1.29 bits per heavy atom. The van der Waals surface area contributed by atoms with Crippen molar-refractivity contribution < 1.29 is 9.13 Å². The third-order valence-electron chi connectivity index (χ3n) is 3.56. The molecule has 1 saturated carbocycles. The van der Waals surface area contributed by atoms with Gasteiger partial charge in [-0.2, -0.15) is 0 Å². The average Bonchev–Trinajstić information content (AvgIpc) is 2.34. The van der Waals surface area contributed by atoms with E-state index in [1.54, 1.807) is 13.2 Å². The number of benzene rings is 1. The fraction of sp³-hybridized carbons (Fsp3) is 0.571. The molecule has 0 aromatic heterocycles. The van der Waals surface area contributed by atoms with Crippen LogP contribution < -0.4 is 5.32 Å². The van der Waals surface area contributed by atoms with E-state index in [1.165, 1.54) is 18.9 Å². The molecule has 17 heavy (non-hydrogen) atoms. The first-order chi connectivity index (χ1) is 8.22. The molecule has 1 N–H and O–H groups in total. The highest BCUT2D eigenvalue weighted by Gasteiger charge is 2.25. The molecule has 0 amide bonds. The number of para-hydroxylation sites is 1. The van der Waals surface area contributed by atoms with Gasteiger partial charge >= 0.3 is 0 Å². The molecule has 0 radical (unpaired) electrons. The van der Waals surface area contributed by atoms with Crippen LogP contribution in [0.15, 0.2) is 18.2 Å². The Hall–Kier alpha value is -1.09. The van der Waals surface area contributed by atoms with Crippen LogP contribution in [-0.4, -0.2) is 19.3 Å². The summed E-state index contributed by atoms with van der Waals surface area (Å²) in [4.78, 5) is 0. The number of hydrogen-bond donors (Lipinski definition) is 1. The zero-order chi connectivity index (χ0) is 12.3. The first kappa shape index (κ1) is 12.4. The lowest BCUT2D eigenvalue weighted by molar-refractivity contribution is 0.0605. The summed E-state index contributed by atoms with van der Waals surface area (Å²) in [5, 5.41) is 3.32. The molecule has 1 aromatic rings. The fourth-order valence-electron chi connectivity index (χ4n) is 2.54. The number of aryl methyl sites for hydroxylation is 1. The molecule has 0 spiro atoms. The minimum absolute atomic E-state index is 0.176. The van der Waals surface area contributed by atoms with Crippen LogP contribution in [0.5, 0.6) is 0 Å². The number of ether oxygens (including phenoxy) is 1. The average molecular weight is 237 g/mol. The van der Waals surface area contributed by atoms with Crippen molar-refractivity contribution in [2.24, 2.45) is 0 Å². The lowest BCUT2D eigenvalue weighted by atomic mass is 9.92. The third-order valence-corrected chi connectivity index (χ3v) is 3.56. The SMILES string of the molecule is COC1CCCCC1Nc1c(C)cccc1F. The molecule has 1 fully saturated rings. The zero-order valence-corrected chi connectivity index (χ0v) is 10.5. The third kappa shape index (κ3) is 2.78. The summed E-state index contributed by atoms with van der Waals surface area (Å²) >= 11 is 0. The highest BCUT2D eigenvalue weighted by atomic mass is 19.1. The van der Waals surface area contributed by atoms with Crippen molar-refractivity contribution in [2.45, 2.75) is 44.8 Å². The van der Waals surface area contributed by atoms with Crippen LogP contribution >= 0.6 is 0 Å². The van der Waals surface area contributed by atoms with E-state index in [2.05, 4.69) is 5.32 Å². The van der Waals surface area contributed by atoms with Gasteiger partial charge in [-0.25, -0.2) is 4.39 Å². The van der Waals surface area contributed by atoms with E-state index >= 15 is 0 Å². The summed E-state index contributed by atoms with van der Waals surface area (Å²) < 4.78 is 19.2. The summed E-state index contributed by atoms with van der Waals surface area (Å²) in [5.74, 6) is -0.176. The Morgan fingerprint density at radius 2 is 2.06 bits per heavy atom. The summed E-state index contributed by atoms with van der Waals surface area (Å²) in [6.07, 6.45) is 4.69. The molecule has 2 unspecified atom stereocenters. The van der Waals surface area contributed by atoms with Gasteiger partial charge in [-0.1, -0.05) is 25.0 Å². The fourth-order valence-corrected chi connectivity index (χ4v) is 2.54. The quantitative estimate of drug-likeness (QED) is 0.868. The van der Waals surface area contributed by atoms with Crippen molar-refractivity contribution >= 4 is 5.69 Å². The van der Waals surface area contributed by atoms with Gasteiger partial charge in [-0.15, -0.1) is 0 Å². The number of nitrogens with one attached hydrogen (secondary N) is 1. The van der Waals surface area contributed by atoms with Gasteiger partial charge in [-0.3, -0.25) is 0 Å². The largest absolute Gasteiger partial charge is 0.379 e. The second-order valence-corrected chi connectivity index (χ2v) is 4.74. The number of hydrogen-bond acceptors (Lipinski definition) is 2. The molecule has 94 valence electrons. The van der Waals surface area contributed by atoms with E-state index in [0.717, 1.165) is 18.4 Å². The van der Waals surface area contributed by atoms with Crippen LogP contribution in [0.2, 0.25) is 0 Å². The maximum Gasteiger partial charge on any atom is 0.146 e. The van der Waals surface area contributed by atoms with Gasteiger partial charge in [0.15, 0.2) is 0 Å². The predicted molar refractivity (Wildman–Crippen MR) is 67.8 cm³/mol. The van der Waals surface area contributed by atoms with Crippen molar-refractivity contribution in [3.8, 4) is 0 Å². The van der Waals surface area contributed by atoms with Crippen LogP contribution in [0.25, 0.3) is 0 Å². The lowest BCUT2D eigenvalue weighted by Crippen LogP contribution is -2.38. The molecule has 1 aliphatic carbocycles. The summed E-state index contributed by atoms with van der Waals surface area (Å²) in [7, 11) is 1.73. The molecule has 0 bridgehead atoms. The number of halogens is 1. The Morgan fingerprint density at radius 3 is 2.76 bits per heavy atom. The lowest BCUT2D eigenvalue weighted by Gasteiger charge is -2.32. The van der Waals surface area contributed by atoms with Crippen LogP contribution in [0.1, 0.15) is 31.2 Å². The monoisotopic (exact) mass is 237 g/mol. The molecule has 0 aliphatic heterocycles. The molecule has 2 rings (SSSR count). The van der Waals surface area contributed by atoms with Gasteiger partial charge in [0.1, 0.15) is 5.82 Å². The van der Waals surface area contributed by atoms with Crippen molar-refractivity contribution in [1.82, 2.24) is 0 Å². The topological polar surface area (TPSA) is 21.3 Å². The van der Waals surface area contributed by atoms with Crippen molar-refractivity contribution in [1.29, 1.82) is 0 Å². The highest BCUT2D eigenvalue weighted by molar-refractivity contribution is 5.52. The minimum atomic E-state index is -0.176. The van der Waals surface area contributed by atoms with Crippen molar-refractivity contribution in [3.05, 3.63) is 29.6 Å². The predicted octanol–water partition coefficient (Wildman–Crippen LogP) is 3.50. The Labute approximate surface area is 102 Å². The number of methoxy groups -OCH3 is 1.